The average Bonchev–Trinajstić information content (AvgIpc) is 3.06. The van der Waals surface area contributed by atoms with Gasteiger partial charge in [0.1, 0.15) is 11.5 Å². The summed E-state index contributed by atoms with van der Waals surface area (Å²) in [6.07, 6.45) is 6.67. The SMILES string of the molecule is CC(=O)c1ccn2c(-c3ccc(F)c(-c4cccnc4)c3)cnc2n1. The van der Waals surface area contributed by atoms with Gasteiger partial charge in [0.2, 0.25) is 5.78 Å². The highest BCUT2D eigenvalue weighted by Crippen LogP contribution is 2.28. The molecule has 0 aliphatic rings. The molecule has 4 rings (SSSR count). The van der Waals surface area contributed by atoms with Crippen molar-refractivity contribution in [3.05, 3.63) is 72.7 Å². The molecule has 0 aliphatic carbocycles. The van der Waals surface area contributed by atoms with Crippen LogP contribution in [0, 0.1) is 5.82 Å². The summed E-state index contributed by atoms with van der Waals surface area (Å²) >= 11 is 0. The van der Waals surface area contributed by atoms with Gasteiger partial charge in [-0.05, 0) is 30.3 Å². The van der Waals surface area contributed by atoms with E-state index in [1.807, 2.05) is 6.07 Å². The summed E-state index contributed by atoms with van der Waals surface area (Å²) in [7, 11) is 0. The Morgan fingerprint density at radius 1 is 1.12 bits per heavy atom. The van der Waals surface area contributed by atoms with Gasteiger partial charge in [-0.25, -0.2) is 14.4 Å². The van der Waals surface area contributed by atoms with Crippen molar-refractivity contribution in [2.75, 3.05) is 0 Å². The molecule has 0 aliphatic heterocycles. The Hall–Kier alpha value is -3.41. The molecule has 0 amide bonds. The van der Waals surface area contributed by atoms with Crippen molar-refractivity contribution in [1.82, 2.24) is 19.4 Å². The number of benzene rings is 1. The van der Waals surface area contributed by atoms with E-state index in [-0.39, 0.29) is 11.6 Å². The zero-order valence-corrected chi connectivity index (χ0v) is 13.3. The van der Waals surface area contributed by atoms with Gasteiger partial charge in [0, 0.05) is 42.2 Å². The summed E-state index contributed by atoms with van der Waals surface area (Å²) in [5.41, 5.74) is 3.09. The molecule has 1 aromatic carbocycles. The molecule has 3 heterocycles. The summed E-state index contributed by atoms with van der Waals surface area (Å²) in [6, 6.07) is 10.1. The molecule has 0 atom stereocenters. The molecular weight excluding hydrogens is 319 g/mol. The van der Waals surface area contributed by atoms with Gasteiger partial charge in [-0.1, -0.05) is 6.07 Å². The number of nitrogens with zero attached hydrogens (tertiary/aromatic N) is 4. The van der Waals surface area contributed by atoms with E-state index in [1.54, 1.807) is 53.5 Å². The van der Waals surface area contributed by atoms with Gasteiger partial charge in [0.25, 0.3) is 0 Å². The number of pyridine rings is 1. The van der Waals surface area contributed by atoms with Crippen LogP contribution in [0.4, 0.5) is 4.39 Å². The van der Waals surface area contributed by atoms with E-state index in [9.17, 15) is 9.18 Å². The van der Waals surface area contributed by atoms with Crippen LogP contribution in [0.5, 0.6) is 0 Å². The number of imidazole rings is 1. The summed E-state index contributed by atoms with van der Waals surface area (Å²) in [5.74, 6) is -0.00906. The second-order valence-electron chi connectivity index (χ2n) is 5.62. The maximum absolute atomic E-state index is 14.3. The Bertz CT molecular complexity index is 1090. The van der Waals surface area contributed by atoms with Crippen LogP contribution in [0.3, 0.4) is 0 Å². The quantitative estimate of drug-likeness (QED) is 0.535. The summed E-state index contributed by atoms with van der Waals surface area (Å²) < 4.78 is 16.0. The molecular formula is C19H13FN4O. The van der Waals surface area contributed by atoms with Gasteiger partial charge in [-0.3, -0.25) is 14.2 Å². The standard InChI is InChI=1S/C19H13FN4O/c1-12(25)17-6-8-24-18(11-22-19(24)23-17)13-4-5-16(20)15(9-13)14-3-2-7-21-10-14/h2-11H,1H3. The normalized spacial score (nSPS) is 11.0. The number of carbonyl (C=O) groups is 1. The first kappa shape index (κ1) is 15.1. The summed E-state index contributed by atoms with van der Waals surface area (Å²) in [4.78, 5) is 24.0. The van der Waals surface area contributed by atoms with E-state index >= 15 is 0 Å². The van der Waals surface area contributed by atoms with Crippen molar-refractivity contribution in [3.8, 4) is 22.4 Å². The lowest BCUT2D eigenvalue weighted by molar-refractivity contribution is 0.101. The van der Waals surface area contributed by atoms with Crippen LogP contribution >= 0.6 is 0 Å². The number of ketones is 1. The molecule has 0 fully saturated rings. The third kappa shape index (κ3) is 2.67. The van der Waals surface area contributed by atoms with E-state index < -0.39 is 0 Å². The number of hydrogen-bond donors (Lipinski definition) is 0. The van der Waals surface area contributed by atoms with Gasteiger partial charge in [-0.2, -0.15) is 0 Å². The fourth-order valence-corrected chi connectivity index (χ4v) is 2.71. The van der Waals surface area contributed by atoms with Crippen LogP contribution in [-0.2, 0) is 0 Å². The smallest absolute Gasteiger partial charge is 0.234 e. The number of rotatable bonds is 3. The molecule has 0 unspecified atom stereocenters. The van der Waals surface area contributed by atoms with Gasteiger partial charge >= 0.3 is 0 Å². The predicted molar refractivity (Wildman–Crippen MR) is 91.6 cm³/mol. The summed E-state index contributed by atoms with van der Waals surface area (Å²) in [5, 5.41) is 0. The monoisotopic (exact) mass is 332 g/mol. The number of aromatic nitrogens is 4. The van der Waals surface area contributed by atoms with E-state index in [0.717, 1.165) is 11.3 Å². The van der Waals surface area contributed by atoms with Gasteiger partial charge in [-0.15, -0.1) is 0 Å². The number of halogens is 1. The molecule has 0 radical (unpaired) electrons. The fourth-order valence-electron chi connectivity index (χ4n) is 2.71. The molecule has 0 N–H and O–H groups in total. The lowest BCUT2D eigenvalue weighted by atomic mass is 10.0. The first-order chi connectivity index (χ1) is 12.1. The van der Waals surface area contributed by atoms with Crippen LogP contribution < -0.4 is 0 Å². The molecule has 25 heavy (non-hydrogen) atoms. The van der Waals surface area contributed by atoms with E-state index in [2.05, 4.69) is 15.0 Å². The lowest BCUT2D eigenvalue weighted by Crippen LogP contribution is -2.00. The Labute approximate surface area is 142 Å². The van der Waals surface area contributed by atoms with Crippen molar-refractivity contribution in [2.24, 2.45) is 0 Å². The summed E-state index contributed by atoms with van der Waals surface area (Å²) in [6.45, 7) is 1.46. The first-order valence-corrected chi connectivity index (χ1v) is 7.69. The zero-order chi connectivity index (χ0) is 17.4. The maximum Gasteiger partial charge on any atom is 0.234 e. The van der Waals surface area contributed by atoms with E-state index in [4.69, 9.17) is 0 Å². The van der Waals surface area contributed by atoms with Crippen molar-refractivity contribution < 1.29 is 9.18 Å². The lowest BCUT2D eigenvalue weighted by Gasteiger charge is -2.07. The van der Waals surface area contributed by atoms with Crippen LogP contribution in [-0.4, -0.2) is 25.1 Å². The van der Waals surface area contributed by atoms with Crippen LogP contribution in [0.2, 0.25) is 0 Å². The van der Waals surface area contributed by atoms with Gasteiger partial charge in [0.05, 0.1) is 11.9 Å². The highest BCUT2D eigenvalue weighted by molar-refractivity contribution is 5.92. The molecule has 0 saturated heterocycles. The fraction of sp³-hybridized carbons (Fsp3) is 0.0526. The van der Waals surface area contributed by atoms with E-state index in [0.29, 0.717) is 22.6 Å². The predicted octanol–water partition coefficient (Wildman–Crippen LogP) is 3.80. The van der Waals surface area contributed by atoms with Gasteiger partial charge in [0.15, 0.2) is 5.78 Å². The third-order valence-corrected chi connectivity index (χ3v) is 3.97. The molecule has 0 spiro atoms. The second-order valence-corrected chi connectivity index (χ2v) is 5.62. The molecule has 5 nitrogen and oxygen atoms in total. The zero-order valence-electron chi connectivity index (χ0n) is 13.3. The Morgan fingerprint density at radius 3 is 2.76 bits per heavy atom. The molecule has 122 valence electrons. The van der Waals surface area contributed by atoms with Crippen LogP contribution in [0.1, 0.15) is 17.4 Å². The van der Waals surface area contributed by atoms with Crippen molar-refractivity contribution in [3.63, 3.8) is 0 Å². The largest absolute Gasteiger partial charge is 0.293 e. The highest BCUT2D eigenvalue weighted by atomic mass is 19.1. The average molecular weight is 332 g/mol. The third-order valence-electron chi connectivity index (χ3n) is 3.97. The number of fused-ring (bicyclic) bond motifs is 1. The maximum atomic E-state index is 14.3. The van der Waals surface area contributed by atoms with E-state index in [1.165, 1.54) is 13.0 Å². The minimum absolute atomic E-state index is 0.118. The first-order valence-electron chi connectivity index (χ1n) is 7.69. The van der Waals surface area contributed by atoms with Crippen molar-refractivity contribution in [1.29, 1.82) is 0 Å². The highest BCUT2D eigenvalue weighted by Gasteiger charge is 2.12. The molecule has 0 saturated carbocycles. The van der Waals surface area contributed by atoms with Crippen LogP contribution in [0.25, 0.3) is 28.2 Å². The minimum Gasteiger partial charge on any atom is -0.293 e. The van der Waals surface area contributed by atoms with Crippen LogP contribution in [0.15, 0.2) is 61.2 Å². The minimum atomic E-state index is -0.317. The molecule has 3 aromatic heterocycles. The number of carbonyl (C=O) groups excluding carboxylic acids is 1. The second kappa shape index (κ2) is 5.90. The van der Waals surface area contributed by atoms with Crippen molar-refractivity contribution in [2.45, 2.75) is 6.92 Å². The Morgan fingerprint density at radius 2 is 2.00 bits per heavy atom. The number of hydrogen-bond acceptors (Lipinski definition) is 4. The van der Waals surface area contributed by atoms with Crippen molar-refractivity contribution >= 4 is 11.6 Å². The Balaban J connectivity index is 1.85. The van der Waals surface area contributed by atoms with Gasteiger partial charge < -0.3 is 0 Å². The Kier molecular flexibility index (Phi) is 3.57. The molecule has 4 aromatic rings. The number of Topliss-reactive ketones (excluding diaryl/α,β-unsaturated/α-hetero) is 1. The topological polar surface area (TPSA) is 60.2 Å². The molecule has 6 heteroatoms. The molecule has 0 bridgehead atoms.